The van der Waals surface area contributed by atoms with E-state index in [1.165, 1.54) is 26.4 Å². The Morgan fingerprint density at radius 2 is 1.85 bits per heavy atom. The number of furan rings is 1. The molecule has 1 aliphatic heterocycles. The van der Waals surface area contributed by atoms with Crippen LogP contribution in [0.25, 0.3) is 11.3 Å². The Kier molecular flexibility index (Phi) is 7.51. The molecule has 1 saturated heterocycles. The van der Waals surface area contributed by atoms with Gasteiger partial charge in [0.2, 0.25) is 10.0 Å². The van der Waals surface area contributed by atoms with Gasteiger partial charge in [-0.1, -0.05) is 6.07 Å². The maximum absolute atomic E-state index is 12.0. The molecule has 2 N–H and O–H groups in total. The van der Waals surface area contributed by atoms with Crippen molar-refractivity contribution in [3.63, 3.8) is 0 Å². The number of aromatic nitrogens is 1. The lowest BCUT2D eigenvalue weighted by atomic mass is 10.0. The molecular formula is C27H25N5O7S2. The topological polar surface area (TPSA) is 149 Å². The fourth-order valence-electron chi connectivity index (χ4n) is 4.70. The molecule has 2 atom stereocenters. The van der Waals surface area contributed by atoms with E-state index < -0.39 is 27.0 Å². The summed E-state index contributed by atoms with van der Waals surface area (Å²) in [6, 6.07) is 17.4. The molecule has 2 aromatic carbocycles. The number of anilines is 2. The SMILES string of the molecule is COc1ccc(N2C(=S)N[C@@H](c3ccccn3)[C@@H]2c2ccc(-c3ccc([N+](=O)[O-])cc3OC)o2)cc1NS(C)(=O)=O. The van der Waals surface area contributed by atoms with Gasteiger partial charge in [0.15, 0.2) is 5.11 Å². The predicted molar refractivity (Wildman–Crippen MR) is 157 cm³/mol. The van der Waals surface area contributed by atoms with E-state index in [9.17, 15) is 18.5 Å². The van der Waals surface area contributed by atoms with Crippen LogP contribution in [0.15, 0.2) is 77.3 Å². The number of non-ortho nitro benzene ring substituents is 1. The Labute approximate surface area is 241 Å². The highest BCUT2D eigenvalue weighted by Gasteiger charge is 2.43. The van der Waals surface area contributed by atoms with Crippen molar-refractivity contribution in [1.82, 2.24) is 10.3 Å². The molecule has 41 heavy (non-hydrogen) atoms. The van der Waals surface area contributed by atoms with Crippen molar-refractivity contribution in [3.8, 4) is 22.8 Å². The maximum atomic E-state index is 12.0. The number of sulfonamides is 1. The third kappa shape index (κ3) is 5.64. The number of nitro groups is 1. The highest BCUT2D eigenvalue weighted by Crippen LogP contribution is 2.45. The van der Waals surface area contributed by atoms with Crippen LogP contribution in [0.5, 0.6) is 11.5 Å². The quantitative estimate of drug-likeness (QED) is 0.156. The summed E-state index contributed by atoms with van der Waals surface area (Å²) in [5.74, 6) is 1.56. The molecule has 5 rings (SSSR count). The number of nitro benzene ring substituents is 1. The van der Waals surface area contributed by atoms with Crippen molar-refractivity contribution in [2.75, 3.05) is 30.1 Å². The summed E-state index contributed by atoms with van der Waals surface area (Å²) in [5.41, 5.74) is 1.94. The molecule has 14 heteroatoms. The van der Waals surface area contributed by atoms with Crippen molar-refractivity contribution < 1.29 is 27.2 Å². The summed E-state index contributed by atoms with van der Waals surface area (Å²) in [6.07, 6.45) is 2.73. The van der Waals surface area contributed by atoms with Crippen LogP contribution in [0, 0.1) is 10.1 Å². The van der Waals surface area contributed by atoms with E-state index in [4.69, 9.17) is 26.1 Å². The van der Waals surface area contributed by atoms with Gasteiger partial charge < -0.3 is 24.1 Å². The van der Waals surface area contributed by atoms with E-state index in [1.54, 1.807) is 42.6 Å². The third-order valence-corrected chi connectivity index (χ3v) is 7.34. The molecule has 0 aliphatic carbocycles. The maximum Gasteiger partial charge on any atom is 0.273 e. The second-order valence-electron chi connectivity index (χ2n) is 9.10. The van der Waals surface area contributed by atoms with Gasteiger partial charge in [0.25, 0.3) is 5.69 Å². The monoisotopic (exact) mass is 595 g/mol. The van der Waals surface area contributed by atoms with Crippen LogP contribution < -0.4 is 24.4 Å². The van der Waals surface area contributed by atoms with Gasteiger partial charge in [0.1, 0.15) is 29.1 Å². The normalized spacial score (nSPS) is 16.8. The first-order valence-electron chi connectivity index (χ1n) is 12.2. The predicted octanol–water partition coefficient (Wildman–Crippen LogP) is 4.82. The first-order valence-corrected chi connectivity index (χ1v) is 14.5. The molecule has 212 valence electrons. The number of pyridine rings is 1. The van der Waals surface area contributed by atoms with E-state index in [-0.39, 0.29) is 17.1 Å². The number of hydrogen-bond acceptors (Lipinski definition) is 9. The van der Waals surface area contributed by atoms with Gasteiger partial charge in [-0.3, -0.25) is 19.8 Å². The molecule has 1 aliphatic rings. The zero-order valence-corrected chi connectivity index (χ0v) is 23.7. The van der Waals surface area contributed by atoms with Gasteiger partial charge in [-0.2, -0.15) is 0 Å². The lowest BCUT2D eigenvalue weighted by Gasteiger charge is -2.27. The number of thiocarbonyl (C=S) groups is 1. The summed E-state index contributed by atoms with van der Waals surface area (Å²) in [6.45, 7) is 0. The van der Waals surface area contributed by atoms with Crippen molar-refractivity contribution in [1.29, 1.82) is 0 Å². The molecule has 3 heterocycles. The lowest BCUT2D eigenvalue weighted by molar-refractivity contribution is -0.384. The van der Waals surface area contributed by atoms with Crippen LogP contribution >= 0.6 is 12.2 Å². The van der Waals surface area contributed by atoms with Gasteiger partial charge in [-0.15, -0.1) is 0 Å². The van der Waals surface area contributed by atoms with Crippen molar-refractivity contribution in [2.24, 2.45) is 0 Å². The third-order valence-electron chi connectivity index (χ3n) is 6.43. The van der Waals surface area contributed by atoms with E-state index in [1.807, 2.05) is 23.1 Å². The summed E-state index contributed by atoms with van der Waals surface area (Å²) in [4.78, 5) is 17.1. The summed E-state index contributed by atoms with van der Waals surface area (Å²) >= 11 is 5.76. The van der Waals surface area contributed by atoms with Gasteiger partial charge in [0.05, 0.1) is 54.5 Å². The van der Waals surface area contributed by atoms with Crippen molar-refractivity contribution >= 4 is 44.4 Å². The minimum Gasteiger partial charge on any atom is -0.496 e. The molecule has 0 spiro atoms. The zero-order valence-electron chi connectivity index (χ0n) is 22.1. The van der Waals surface area contributed by atoms with Crippen molar-refractivity contribution in [2.45, 2.75) is 12.1 Å². The number of hydrogen-bond donors (Lipinski definition) is 2. The fraction of sp³-hybridized carbons (Fsp3) is 0.185. The Balaban J connectivity index is 1.62. The smallest absolute Gasteiger partial charge is 0.273 e. The molecule has 12 nitrogen and oxygen atoms in total. The molecule has 2 aromatic heterocycles. The molecule has 0 radical (unpaired) electrons. The average Bonchev–Trinajstić information content (AvgIpc) is 3.56. The number of ether oxygens (including phenoxy) is 2. The lowest BCUT2D eigenvalue weighted by Crippen LogP contribution is -2.29. The minimum atomic E-state index is -3.60. The molecule has 0 amide bonds. The standard InChI is InChI=1S/C27H25N5O7S2/c1-37-22-10-8-16(14-20(22)30-41(3,35)36)31-26(25(29-27(31)40)19-6-4-5-13-28-19)23-12-11-21(39-23)18-9-7-17(32(33)34)15-24(18)38-2/h4-15,25-26,30H,1-3H3,(H,29,40)/t25-,26-/m0/s1. The average molecular weight is 596 g/mol. The second kappa shape index (κ2) is 11.1. The summed E-state index contributed by atoms with van der Waals surface area (Å²) < 4.78 is 43.7. The first-order chi connectivity index (χ1) is 19.6. The van der Waals surface area contributed by atoms with Gasteiger partial charge in [0, 0.05) is 18.0 Å². The van der Waals surface area contributed by atoms with Gasteiger partial charge in [-0.25, -0.2) is 8.42 Å². The Morgan fingerprint density at radius 3 is 2.51 bits per heavy atom. The molecule has 0 unspecified atom stereocenters. The summed E-state index contributed by atoms with van der Waals surface area (Å²) in [7, 11) is -0.732. The zero-order chi connectivity index (χ0) is 29.3. The van der Waals surface area contributed by atoms with E-state index in [2.05, 4.69) is 15.0 Å². The second-order valence-corrected chi connectivity index (χ2v) is 11.2. The van der Waals surface area contributed by atoms with Crippen LogP contribution in [-0.4, -0.2) is 43.9 Å². The van der Waals surface area contributed by atoms with E-state index in [0.29, 0.717) is 39.3 Å². The Hall–Kier alpha value is -4.69. The fourth-order valence-corrected chi connectivity index (χ4v) is 5.61. The molecule has 4 aromatic rings. The van der Waals surface area contributed by atoms with Crippen LogP contribution in [0.3, 0.4) is 0 Å². The molecule has 0 saturated carbocycles. The van der Waals surface area contributed by atoms with Crippen molar-refractivity contribution in [3.05, 3.63) is 94.5 Å². The number of methoxy groups -OCH3 is 2. The number of nitrogens with zero attached hydrogens (tertiary/aromatic N) is 3. The highest BCUT2D eigenvalue weighted by atomic mass is 32.2. The van der Waals surface area contributed by atoms with Crippen LogP contribution in [0.4, 0.5) is 17.1 Å². The minimum absolute atomic E-state index is 0.109. The van der Waals surface area contributed by atoms with Crippen LogP contribution in [0.1, 0.15) is 23.5 Å². The van der Waals surface area contributed by atoms with Gasteiger partial charge in [-0.05, 0) is 60.7 Å². The highest BCUT2D eigenvalue weighted by molar-refractivity contribution is 7.92. The van der Waals surface area contributed by atoms with Crippen LogP contribution in [-0.2, 0) is 10.0 Å². The number of rotatable bonds is 9. The number of nitrogens with one attached hydrogen (secondary N) is 2. The number of benzene rings is 2. The Bertz CT molecular complexity index is 1730. The molecule has 0 bridgehead atoms. The van der Waals surface area contributed by atoms with Gasteiger partial charge >= 0.3 is 0 Å². The first kappa shape index (κ1) is 27.9. The van der Waals surface area contributed by atoms with E-state index in [0.717, 1.165) is 6.26 Å². The molecular weight excluding hydrogens is 570 g/mol. The summed E-state index contributed by atoms with van der Waals surface area (Å²) in [5, 5.41) is 14.9. The molecule has 1 fully saturated rings. The largest absolute Gasteiger partial charge is 0.496 e. The van der Waals surface area contributed by atoms with Crippen LogP contribution in [0.2, 0.25) is 0 Å². The Morgan fingerprint density at radius 1 is 1.07 bits per heavy atom. The van der Waals surface area contributed by atoms with E-state index >= 15 is 0 Å².